The first kappa shape index (κ1) is 30.9. The number of rotatable bonds is 4. The molecule has 1 spiro atoms. The van der Waals surface area contributed by atoms with Gasteiger partial charge in [0.1, 0.15) is 17.4 Å². The normalized spacial score (nSPS) is 25.1. The van der Waals surface area contributed by atoms with Crippen molar-refractivity contribution in [3.63, 3.8) is 0 Å². The van der Waals surface area contributed by atoms with E-state index >= 15 is 0 Å². The van der Waals surface area contributed by atoms with Crippen molar-refractivity contribution < 1.29 is 38.9 Å². The summed E-state index contributed by atoms with van der Waals surface area (Å²) in [5, 5.41) is 23.5. The van der Waals surface area contributed by atoms with Crippen molar-refractivity contribution in [2.75, 3.05) is 38.8 Å². The molecule has 6 aliphatic rings. The first-order valence-corrected chi connectivity index (χ1v) is 17.5. The van der Waals surface area contributed by atoms with Crippen molar-refractivity contribution in [3.05, 3.63) is 80.9 Å². The molecule has 4 unspecified atom stereocenters. The molecule has 266 valence electrons. The molecule has 52 heavy (non-hydrogen) atoms. The minimum Gasteiger partial charge on any atom is -0.506 e. The molecule has 3 aliphatic carbocycles. The first-order chi connectivity index (χ1) is 25.0. The van der Waals surface area contributed by atoms with Crippen LogP contribution in [0.4, 0.5) is 5.69 Å². The predicted octanol–water partition coefficient (Wildman–Crippen LogP) is 4.13. The van der Waals surface area contributed by atoms with E-state index < -0.39 is 6.04 Å². The summed E-state index contributed by atoms with van der Waals surface area (Å²) in [6.07, 6.45) is 5.38. The van der Waals surface area contributed by atoms with Crippen LogP contribution < -0.4 is 9.64 Å². The number of ketones is 1. The van der Waals surface area contributed by atoms with Gasteiger partial charge in [0.05, 0.1) is 36.8 Å². The number of allylic oxidation sites excluding steroid dienone is 2. The largest absolute Gasteiger partial charge is 0.506 e. The molecule has 3 aromatic heterocycles. The molecule has 6 heterocycles. The number of nitrogens with zero attached hydrogens (tertiary/aromatic N) is 3. The zero-order valence-corrected chi connectivity index (χ0v) is 29.0. The number of carbonyl (C=O) groups excluding carboxylic acids is 4. The van der Waals surface area contributed by atoms with Gasteiger partial charge < -0.3 is 49.3 Å². The summed E-state index contributed by atoms with van der Waals surface area (Å²) in [4.78, 5) is 68.3. The summed E-state index contributed by atoms with van der Waals surface area (Å²) in [6, 6.07) is 2.75. The fraction of sp³-hybridized carbons (Fsp3) is 0.368. The number of aromatic nitrogens is 3. The van der Waals surface area contributed by atoms with Crippen LogP contribution in [0, 0.1) is 12.8 Å². The highest BCUT2D eigenvalue weighted by Crippen LogP contribution is 2.67. The molecule has 4 atom stereocenters. The number of aliphatic hydroxyl groups is 1. The van der Waals surface area contributed by atoms with Crippen LogP contribution in [0.25, 0.3) is 16.7 Å². The highest BCUT2D eigenvalue weighted by molar-refractivity contribution is 6.10. The number of aromatic amines is 3. The van der Waals surface area contributed by atoms with E-state index in [0.29, 0.717) is 66.1 Å². The number of piperidine rings is 1. The number of H-pyrrole nitrogens is 3. The van der Waals surface area contributed by atoms with Gasteiger partial charge in [-0.15, -0.1) is 0 Å². The van der Waals surface area contributed by atoms with Gasteiger partial charge in [0.25, 0.3) is 11.8 Å². The number of phenols is 1. The van der Waals surface area contributed by atoms with E-state index in [1.54, 1.807) is 28.0 Å². The van der Waals surface area contributed by atoms with Gasteiger partial charge in [-0.3, -0.25) is 19.2 Å². The van der Waals surface area contributed by atoms with Crippen molar-refractivity contribution in [1.29, 1.82) is 0 Å². The Morgan fingerprint density at radius 2 is 1.79 bits per heavy atom. The number of amides is 3. The molecular weight excluding hydrogens is 668 g/mol. The van der Waals surface area contributed by atoms with Gasteiger partial charge in [0, 0.05) is 61.2 Å². The summed E-state index contributed by atoms with van der Waals surface area (Å²) in [5.74, 6) is -1.07. The third kappa shape index (κ3) is 3.63. The number of ether oxygens (including phenoxy) is 2. The standard InChI is InChI=1S/C38H36N6O8/c1-15-13-39-29-24(46)11-25-38(26(15)29)12-17(38)14-44(25)37(50)23-10-21-19-6-8-43(31(19)33(48)35(52-4)28(21)41-23)36(49)22-9-20-18-5-7-42(16(2)45)30(18)32(47)34(51-3)27(20)40-22/h9-11,13,17,19,31,39-41,47-48H,5-8,12,14H2,1-4H3. The molecule has 14 heteroatoms. The Morgan fingerprint density at radius 3 is 2.54 bits per heavy atom. The summed E-state index contributed by atoms with van der Waals surface area (Å²) in [5.41, 5.74) is 6.42. The number of carbonyl (C=O) groups is 4. The van der Waals surface area contributed by atoms with Gasteiger partial charge in [-0.05, 0) is 66.5 Å². The lowest BCUT2D eigenvalue weighted by molar-refractivity contribution is -0.116. The number of hydrogen-bond acceptors (Lipinski definition) is 8. The maximum atomic E-state index is 14.3. The number of aromatic hydroxyl groups is 1. The predicted molar refractivity (Wildman–Crippen MR) is 187 cm³/mol. The van der Waals surface area contributed by atoms with Crippen LogP contribution >= 0.6 is 0 Å². The third-order valence-electron chi connectivity index (χ3n) is 12.4. The van der Waals surface area contributed by atoms with Gasteiger partial charge in [0.15, 0.2) is 23.0 Å². The van der Waals surface area contributed by atoms with Crippen molar-refractivity contribution in [2.24, 2.45) is 5.92 Å². The van der Waals surface area contributed by atoms with E-state index in [1.807, 2.05) is 13.1 Å². The number of benzene rings is 1. The number of hydrogen-bond donors (Lipinski definition) is 5. The second-order valence-corrected chi connectivity index (χ2v) is 14.8. The van der Waals surface area contributed by atoms with E-state index in [1.165, 1.54) is 26.0 Å². The lowest BCUT2D eigenvalue weighted by Crippen LogP contribution is -2.40. The van der Waals surface area contributed by atoms with Crippen LogP contribution in [0.3, 0.4) is 0 Å². The van der Waals surface area contributed by atoms with E-state index in [0.717, 1.165) is 34.4 Å². The molecule has 5 N–H and O–H groups in total. The second-order valence-electron chi connectivity index (χ2n) is 14.8. The molecule has 0 radical (unpaired) electrons. The first-order valence-electron chi connectivity index (χ1n) is 17.5. The molecule has 10 rings (SSSR count). The number of nitrogens with one attached hydrogen (secondary N) is 3. The molecule has 1 aromatic carbocycles. The minimum absolute atomic E-state index is 0.117. The lowest BCUT2D eigenvalue weighted by Gasteiger charge is -2.32. The highest BCUT2D eigenvalue weighted by atomic mass is 16.5. The Labute approximate surface area is 296 Å². The third-order valence-corrected chi connectivity index (χ3v) is 12.4. The second kappa shape index (κ2) is 10.1. The van der Waals surface area contributed by atoms with Crippen LogP contribution in [0.15, 0.2) is 35.9 Å². The minimum atomic E-state index is -0.759. The molecule has 2 saturated heterocycles. The number of aryl methyl sites for hydroxylation is 1. The van der Waals surface area contributed by atoms with Crippen LogP contribution in [-0.2, 0) is 21.4 Å². The zero-order chi connectivity index (χ0) is 36.1. The molecule has 14 nitrogen and oxygen atoms in total. The van der Waals surface area contributed by atoms with Gasteiger partial charge in [-0.2, -0.15) is 0 Å². The van der Waals surface area contributed by atoms with Crippen LogP contribution in [0.2, 0.25) is 0 Å². The maximum Gasteiger partial charge on any atom is 0.274 e. The molecule has 1 saturated carbocycles. The fourth-order valence-corrected chi connectivity index (χ4v) is 10.1. The SMILES string of the molecule is COC1=C(O)C2C(CCN2C(=O)c2cc3c4c(c(O)c(OC)c3[nH]2)N(C(C)=O)CC4)c2cc(C(=O)N3CC4CC45C3=CC(=O)c3[nH]cc(C)c35)[nH]c21. The Morgan fingerprint density at radius 1 is 1.00 bits per heavy atom. The zero-order valence-electron chi connectivity index (χ0n) is 29.0. The van der Waals surface area contributed by atoms with E-state index in [-0.39, 0.29) is 69.5 Å². The lowest BCUT2D eigenvalue weighted by atomic mass is 9.83. The van der Waals surface area contributed by atoms with E-state index in [9.17, 15) is 29.4 Å². The van der Waals surface area contributed by atoms with Gasteiger partial charge in [0.2, 0.25) is 11.7 Å². The van der Waals surface area contributed by atoms with Crippen molar-refractivity contribution >= 4 is 45.9 Å². The Balaban J connectivity index is 0.982. The summed E-state index contributed by atoms with van der Waals surface area (Å²) in [6.45, 7) is 4.65. The number of likely N-dealkylation sites (tertiary alicyclic amines) is 2. The number of methoxy groups -OCH3 is 2. The fourth-order valence-electron chi connectivity index (χ4n) is 10.1. The topological polar surface area (TPSA) is 184 Å². The quantitative estimate of drug-likeness (QED) is 0.210. The van der Waals surface area contributed by atoms with Crippen molar-refractivity contribution in [1.82, 2.24) is 24.8 Å². The maximum absolute atomic E-state index is 14.3. The van der Waals surface area contributed by atoms with Crippen LogP contribution in [0.5, 0.6) is 11.5 Å². The van der Waals surface area contributed by atoms with Crippen LogP contribution in [0.1, 0.15) is 85.1 Å². The number of fused-ring (bicyclic) bond motifs is 7. The monoisotopic (exact) mass is 704 g/mol. The van der Waals surface area contributed by atoms with E-state index in [2.05, 4.69) is 15.0 Å². The Hall–Kier alpha value is -5.92. The molecule has 4 aromatic rings. The summed E-state index contributed by atoms with van der Waals surface area (Å²) >= 11 is 0. The number of aliphatic hydroxyl groups excluding tert-OH is 1. The average molecular weight is 705 g/mol. The molecule has 3 aliphatic heterocycles. The van der Waals surface area contributed by atoms with Gasteiger partial charge in [-0.25, -0.2) is 0 Å². The van der Waals surface area contributed by atoms with Crippen LogP contribution in [-0.4, -0.2) is 98.4 Å². The molecule has 3 amide bonds. The Kier molecular flexibility index (Phi) is 6.00. The average Bonchev–Trinajstić information content (AvgIpc) is 3.85. The highest BCUT2D eigenvalue weighted by Gasteiger charge is 2.68. The number of anilines is 1. The Bertz CT molecular complexity index is 2430. The summed E-state index contributed by atoms with van der Waals surface area (Å²) < 4.78 is 11.3. The summed E-state index contributed by atoms with van der Waals surface area (Å²) in [7, 11) is 2.86. The van der Waals surface area contributed by atoms with Gasteiger partial charge in [-0.1, -0.05) is 0 Å². The van der Waals surface area contributed by atoms with Crippen molar-refractivity contribution in [2.45, 2.75) is 50.5 Å². The van der Waals surface area contributed by atoms with Crippen molar-refractivity contribution in [3.8, 4) is 11.5 Å². The van der Waals surface area contributed by atoms with Gasteiger partial charge >= 0.3 is 0 Å². The molecule has 0 bridgehead atoms. The van der Waals surface area contributed by atoms with E-state index in [4.69, 9.17) is 9.47 Å². The smallest absolute Gasteiger partial charge is 0.274 e. The number of phenolic OH excluding ortho intramolecular Hbond substituents is 1. The molecule has 3 fully saturated rings. The molecular formula is C38H36N6O8.